The first-order valence-corrected chi connectivity index (χ1v) is 11.0. The molecule has 0 unspecified atom stereocenters. The molecule has 0 atom stereocenters. The van der Waals surface area contributed by atoms with Gasteiger partial charge in [0.05, 0.1) is 31.3 Å². The van der Waals surface area contributed by atoms with Crippen LogP contribution in [0.5, 0.6) is 11.5 Å². The molecule has 4 aromatic rings. The summed E-state index contributed by atoms with van der Waals surface area (Å²) in [6, 6.07) is 6.35. The summed E-state index contributed by atoms with van der Waals surface area (Å²) in [5.41, 5.74) is 3.02. The fourth-order valence-corrected chi connectivity index (χ4v) is 3.96. The maximum Gasteiger partial charge on any atom is 0.280 e. The molecular weight excluding hydrogens is 450 g/mol. The first-order chi connectivity index (χ1) is 15.9. The van der Waals surface area contributed by atoms with Gasteiger partial charge in [-0.05, 0) is 38.1 Å². The van der Waals surface area contributed by atoms with Crippen LogP contribution in [-0.2, 0) is 6.54 Å². The number of benzene rings is 1. The predicted octanol–water partition coefficient (Wildman–Crippen LogP) is 5.49. The van der Waals surface area contributed by atoms with Gasteiger partial charge in [-0.25, -0.2) is 23.7 Å². The van der Waals surface area contributed by atoms with Crippen molar-refractivity contribution < 1.29 is 18.3 Å². The molecule has 0 saturated heterocycles. The smallest absolute Gasteiger partial charge is 0.280 e. The number of ether oxygens (including phenoxy) is 2. The summed E-state index contributed by atoms with van der Waals surface area (Å²) in [5, 5.41) is 9.75. The molecule has 0 spiro atoms. The lowest BCUT2D eigenvalue weighted by atomic mass is 10.1. The number of thiazole rings is 1. The molecule has 0 aliphatic carbocycles. The summed E-state index contributed by atoms with van der Waals surface area (Å²) in [5.74, 6) is 1.02. The zero-order valence-corrected chi connectivity index (χ0v) is 19.3. The molecule has 8 nitrogen and oxygen atoms in total. The van der Waals surface area contributed by atoms with Crippen LogP contribution in [-0.4, -0.2) is 39.0 Å². The lowest BCUT2D eigenvalue weighted by Gasteiger charge is -2.11. The molecule has 0 bridgehead atoms. The zero-order chi connectivity index (χ0) is 23.5. The van der Waals surface area contributed by atoms with Crippen LogP contribution < -0.4 is 14.8 Å². The topological polar surface area (TPSA) is 87.0 Å². The van der Waals surface area contributed by atoms with Crippen LogP contribution in [0.15, 0.2) is 35.8 Å². The van der Waals surface area contributed by atoms with Crippen molar-refractivity contribution in [3.63, 3.8) is 0 Å². The van der Waals surface area contributed by atoms with Gasteiger partial charge in [-0.1, -0.05) is 0 Å². The normalized spacial score (nSPS) is 11.1. The minimum absolute atomic E-state index is 0.0273. The highest BCUT2D eigenvalue weighted by Crippen LogP contribution is 2.34. The van der Waals surface area contributed by atoms with E-state index in [1.54, 1.807) is 18.2 Å². The van der Waals surface area contributed by atoms with Crippen LogP contribution in [0.1, 0.15) is 24.7 Å². The molecule has 1 aromatic carbocycles. The second-order valence-corrected chi connectivity index (χ2v) is 7.88. The lowest BCUT2D eigenvalue weighted by molar-refractivity contribution is 0.146. The molecule has 172 valence electrons. The third kappa shape index (κ3) is 4.77. The van der Waals surface area contributed by atoms with Gasteiger partial charge in [0.25, 0.3) is 6.43 Å². The van der Waals surface area contributed by atoms with Crippen LogP contribution >= 0.6 is 11.3 Å². The largest absolute Gasteiger partial charge is 0.493 e. The van der Waals surface area contributed by atoms with Crippen LogP contribution in [0.2, 0.25) is 0 Å². The van der Waals surface area contributed by atoms with Gasteiger partial charge < -0.3 is 14.8 Å². The Hall–Kier alpha value is -3.60. The number of alkyl halides is 2. The Morgan fingerprint density at radius 3 is 2.52 bits per heavy atom. The summed E-state index contributed by atoms with van der Waals surface area (Å²) < 4.78 is 39.5. The number of nitrogens with zero attached hydrogens (tertiary/aromatic N) is 5. The van der Waals surface area contributed by atoms with Crippen LogP contribution in [0, 0.1) is 6.92 Å². The van der Waals surface area contributed by atoms with E-state index in [1.807, 2.05) is 30.1 Å². The van der Waals surface area contributed by atoms with Crippen molar-refractivity contribution in [2.75, 3.05) is 19.5 Å². The number of hydrogen-bond donors (Lipinski definition) is 1. The number of anilines is 2. The van der Waals surface area contributed by atoms with Gasteiger partial charge in [0.2, 0.25) is 5.95 Å². The molecule has 0 aliphatic rings. The van der Waals surface area contributed by atoms with E-state index in [9.17, 15) is 8.78 Å². The average Bonchev–Trinajstić information content (AvgIpc) is 3.44. The molecule has 33 heavy (non-hydrogen) atoms. The van der Waals surface area contributed by atoms with Gasteiger partial charge in [-0.15, -0.1) is 11.3 Å². The lowest BCUT2D eigenvalue weighted by Crippen LogP contribution is -2.02. The standard InChI is InChI=1S/C22H22F2N6O2S/c1-5-30-10-14(12(2)29-30)17-11-33-22(27-17)28-21-25-15(9-16(26-21)20(23)24)13-6-7-18(31-3)19(8-13)32-4/h6-11,20H,5H2,1-4H3,(H,25,26,27,28). The van der Waals surface area contributed by atoms with Gasteiger partial charge in [0.15, 0.2) is 16.6 Å². The molecule has 0 radical (unpaired) electrons. The monoisotopic (exact) mass is 472 g/mol. The van der Waals surface area contributed by atoms with Crippen molar-refractivity contribution >= 4 is 22.4 Å². The summed E-state index contributed by atoms with van der Waals surface area (Å²) in [6.45, 7) is 4.68. The van der Waals surface area contributed by atoms with E-state index in [0.29, 0.717) is 27.9 Å². The maximum atomic E-state index is 13.6. The Bertz CT molecular complexity index is 1270. The first-order valence-electron chi connectivity index (χ1n) is 10.1. The van der Waals surface area contributed by atoms with Crippen LogP contribution in [0.4, 0.5) is 19.9 Å². The van der Waals surface area contributed by atoms with Gasteiger partial charge in [-0.2, -0.15) is 5.10 Å². The Kier molecular flexibility index (Phi) is 6.50. The van der Waals surface area contributed by atoms with Crippen molar-refractivity contribution in [2.45, 2.75) is 26.8 Å². The molecule has 4 rings (SSSR count). The number of nitrogens with one attached hydrogen (secondary N) is 1. The minimum atomic E-state index is -2.76. The summed E-state index contributed by atoms with van der Waals surface area (Å²) in [6.07, 6.45) is -0.834. The van der Waals surface area contributed by atoms with E-state index in [-0.39, 0.29) is 5.95 Å². The summed E-state index contributed by atoms with van der Waals surface area (Å²) >= 11 is 1.33. The van der Waals surface area contributed by atoms with Gasteiger partial charge in [0, 0.05) is 29.2 Å². The number of aromatic nitrogens is 5. The van der Waals surface area contributed by atoms with E-state index in [0.717, 1.165) is 23.5 Å². The Morgan fingerprint density at radius 2 is 1.85 bits per heavy atom. The van der Waals surface area contributed by atoms with E-state index in [4.69, 9.17) is 9.47 Å². The number of halogens is 2. The molecule has 11 heteroatoms. The van der Waals surface area contributed by atoms with E-state index in [2.05, 4.69) is 25.4 Å². The molecule has 1 N–H and O–H groups in total. The summed E-state index contributed by atoms with van der Waals surface area (Å²) in [4.78, 5) is 13.0. The maximum absolute atomic E-state index is 13.6. The zero-order valence-electron chi connectivity index (χ0n) is 18.5. The SMILES string of the molecule is CCn1cc(-c2csc(Nc3nc(-c4ccc(OC)c(OC)c4)cc(C(F)F)n3)n2)c(C)n1. The molecule has 0 saturated carbocycles. The quantitative estimate of drug-likeness (QED) is 0.363. The molecule has 0 fully saturated rings. The van der Waals surface area contributed by atoms with Gasteiger partial charge in [0.1, 0.15) is 5.69 Å². The highest BCUT2D eigenvalue weighted by Gasteiger charge is 2.17. The van der Waals surface area contributed by atoms with Crippen molar-refractivity contribution in [1.82, 2.24) is 24.7 Å². The molecular formula is C22H22F2N6O2S. The van der Waals surface area contributed by atoms with Crippen molar-refractivity contribution in [3.05, 3.63) is 47.2 Å². The fourth-order valence-electron chi connectivity index (χ4n) is 3.26. The Morgan fingerprint density at radius 1 is 1.06 bits per heavy atom. The number of methoxy groups -OCH3 is 2. The minimum Gasteiger partial charge on any atom is -0.493 e. The van der Waals surface area contributed by atoms with Gasteiger partial charge in [-0.3, -0.25) is 4.68 Å². The highest BCUT2D eigenvalue weighted by molar-refractivity contribution is 7.14. The fraction of sp³-hybridized carbons (Fsp3) is 0.273. The molecule has 0 aliphatic heterocycles. The third-order valence-electron chi connectivity index (χ3n) is 4.92. The molecule has 3 aromatic heterocycles. The van der Waals surface area contributed by atoms with Crippen molar-refractivity contribution in [1.29, 1.82) is 0 Å². The number of rotatable bonds is 8. The van der Waals surface area contributed by atoms with E-state index >= 15 is 0 Å². The second kappa shape index (κ2) is 9.49. The second-order valence-electron chi connectivity index (χ2n) is 7.02. The predicted molar refractivity (Wildman–Crippen MR) is 123 cm³/mol. The van der Waals surface area contributed by atoms with Crippen molar-refractivity contribution in [2.24, 2.45) is 0 Å². The van der Waals surface area contributed by atoms with Crippen LogP contribution in [0.25, 0.3) is 22.5 Å². The van der Waals surface area contributed by atoms with Gasteiger partial charge >= 0.3 is 0 Å². The van der Waals surface area contributed by atoms with E-state index < -0.39 is 12.1 Å². The van der Waals surface area contributed by atoms with Crippen LogP contribution in [0.3, 0.4) is 0 Å². The number of aryl methyl sites for hydroxylation is 2. The highest BCUT2D eigenvalue weighted by atomic mass is 32.1. The Labute approximate surface area is 193 Å². The summed E-state index contributed by atoms with van der Waals surface area (Å²) in [7, 11) is 3.03. The third-order valence-corrected chi connectivity index (χ3v) is 5.68. The molecule has 3 heterocycles. The average molecular weight is 473 g/mol. The first kappa shape index (κ1) is 22.6. The van der Waals surface area contributed by atoms with E-state index in [1.165, 1.54) is 31.6 Å². The molecule has 0 amide bonds. The number of hydrogen-bond acceptors (Lipinski definition) is 8. The Balaban J connectivity index is 1.67. The van der Waals surface area contributed by atoms with Crippen molar-refractivity contribution in [3.8, 4) is 34.0 Å².